The summed E-state index contributed by atoms with van der Waals surface area (Å²) < 4.78 is 4.53. The number of aliphatic carboxylic acids is 1. The molecule has 0 aromatic heterocycles. The Balaban J connectivity index is 4.40. The van der Waals surface area contributed by atoms with E-state index in [0.29, 0.717) is 6.29 Å². The highest BCUT2D eigenvalue weighted by molar-refractivity contribution is 5.92. The summed E-state index contributed by atoms with van der Waals surface area (Å²) in [5.41, 5.74) is 0. The van der Waals surface area contributed by atoms with E-state index in [1.165, 1.54) is 6.92 Å². The van der Waals surface area contributed by atoms with E-state index in [1.807, 2.05) is 0 Å². The Labute approximate surface area is 75.7 Å². The summed E-state index contributed by atoms with van der Waals surface area (Å²) in [6.07, 6.45) is 0.302. The molecule has 0 aromatic carbocycles. The average Bonchev–Trinajstić information content (AvgIpc) is 2.05. The predicted octanol–water partition coefficient (Wildman–Crippen LogP) is 0.0853. The monoisotopic (exact) mass is 188 g/mol. The number of carboxylic acids is 1. The largest absolute Gasteiger partial charge is 0.481 e. The Morgan fingerprint density at radius 3 is 2.38 bits per heavy atom. The maximum atomic E-state index is 11.0. The number of hydrogen-bond donors (Lipinski definition) is 1. The molecule has 0 aliphatic heterocycles. The van der Waals surface area contributed by atoms with E-state index in [4.69, 9.17) is 5.11 Å². The lowest BCUT2D eigenvalue weighted by Gasteiger charge is -2.12. The van der Waals surface area contributed by atoms with Crippen LogP contribution in [0.2, 0.25) is 0 Å². The molecule has 74 valence electrons. The molecule has 0 bridgehead atoms. The van der Waals surface area contributed by atoms with E-state index in [9.17, 15) is 14.4 Å². The van der Waals surface area contributed by atoms with Crippen molar-refractivity contribution in [3.63, 3.8) is 0 Å². The molecule has 0 amide bonds. The average molecular weight is 188 g/mol. The molecule has 0 aliphatic carbocycles. The van der Waals surface area contributed by atoms with Crippen molar-refractivity contribution in [3.8, 4) is 0 Å². The van der Waals surface area contributed by atoms with Gasteiger partial charge in [-0.2, -0.15) is 0 Å². The van der Waals surface area contributed by atoms with Crippen LogP contribution in [-0.2, 0) is 19.1 Å². The van der Waals surface area contributed by atoms with Crippen molar-refractivity contribution < 1.29 is 24.2 Å². The van der Waals surface area contributed by atoms with Crippen molar-refractivity contribution in [1.82, 2.24) is 0 Å². The molecule has 0 fully saturated rings. The minimum atomic E-state index is -1.21. The number of esters is 1. The van der Waals surface area contributed by atoms with E-state index >= 15 is 0 Å². The van der Waals surface area contributed by atoms with Crippen LogP contribution in [0.4, 0.5) is 0 Å². The van der Waals surface area contributed by atoms with Crippen LogP contribution >= 0.6 is 0 Å². The van der Waals surface area contributed by atoms with Crippen molar-refractivity contribution in [2.45, 2.75) is 13.8 Å². The minimum Gasteiger partial charge on any atom is -0.481 e. The highest BCUT2D eigenvalue weighted by Gasteiger charge is 2.30. The fourth-order valence-electron chi connectivity index (χ4n) is 0.770. The van der Waals surface area contributed by atoms with Gasteiger partial charge >= 0.3 is 11.9 Å². The summed E-state index contributed by atoms with van der Waals surface area (Å²) in [6, 6.07) is 0. The van der Waals surface area contributed by atoms with Crippen LogP contribution in [-0.4, -0.2) is 29.9 Å². The summed E-state index contributed by atoms with van der Waals surface area (Å²) in [4.78, 5) is 31.8. The van der Waals surface area contributed by atoms with Crippen molar-refractivity contribution in [1.29, 1.82) is 0 Å². The summed E-state index contributed by atoms with van der Waals surface area (Å²) in [5.74, 6) is -4.23. The highest BCUT2D eigenvalue weighted by Crippen LogP contribution is 2.11. The molecule has 13 heavy (non-hydrogen) atoms. The fourth-order valence-corrected chi connectivity index (χ4v) is 0.770. The molecule has 0 rings (SSSR count). The van der Waals surface area contributed by atoms with Crippen LogP contribution in [0.5, 0.6) is 0 Å². The van der Waals surface area contributed by atoms with Gasteiger partial charge in [0.1, 0.15) is 12.2 Å². The van der Waals surface area contributed by atoms with Crippen LogP contribution in [0.15, 0.2) is 0 Å². The van der Waals surface area contributed by atoms with Gasteiger partial charge in [-0.3, -0.25) is 9.59 Å². The molecule has 0 spiro atoms. The summed E-state index contributed by atoms with van der Waals surface area (Å²) in [7, 11) is 0. The normalized spacial score (nSPS) is 14.3. The van der Waals surface area contributed by atoms with E-state index in [-0.39, 0.29) is 6.61 Å². The standard InChI is InChI=1S/C8H12O5/c1-3-13-8(12)6(4-9)5(2)7(10)11/h4-6H,3H2,1-2H3,(H,10,11). The second-order valence-corrected chi connectivity index (χ2v) is 2.54. The number of ether oxygens (including phenoxy) is 1. The van der Waals surface area contributed by atoms with E-state index in [0.717, 1.165) is 0 Å². The number of hydrogen-bond acceptors (Lipinski definition) is 4. The molecule has 2 unspecified atom stereocenters. The lowest BCUT2D eigenvalue weighted by Crippen LogP contribution is -2.30. The van der Waals surface area contributed by atoms with Gasteiger partial charge in [-0.1, -0.05) is 6.92 Å². The first-order chi connectivity index (χ1) is 6.04. The molecule has 5 nitrogen and oxygen atoms in total. The first-order valence-electron chi connectivity index (χ1n) is 3.89. The maximum Gasteiger partial charge on any atom is 0.317 e. The zero-order valence-electron chi connectivity index (χ0n) is 7.52. The molecule has 0 radical (unpaired) electrons. The summed E-state index contributed by atoms with van der Waals surface area (Å²) >= 11 is 0. The molecule has 5 heteroatoms. The molecule has 0 saturated heterocycles. The number of rotatable bonds is 5. The lowest BCUT2D eigenvalue weighted by atomic mass is 9.96. The number of carboxylic acid groups (broad SMARTS) is 1. The molecule has 2 atom stereocenters. The molecule has 1 N–H and O–H groups in total. The fraction of sp³-hybridized carbons (Fsp3) is 0.625. The highest BCUT2D eigenvalue weighted by atomic mass is 16.5. The first kappa shape index (κ1) is 11.6. The van der Waals surface area contributed by atoms with Gasteiger partial charge < -0.3 is 14.6 Å². The van der Waals surface area contributed by atoms with E-state index in [1.54, 1.807) is 6.92 Å². The molecule has 0 heterocycles. The Morgan fingerprint density at radius 2 is 2.08 bits per heavy atom. The van der Waals surface area contributed by atoms with Gasteiger partial charge in [0.2, 0.25) is 0 Å². The first-order valence-corrected chi connectivity index (χ1v) is 3.89. The van der Waals surface area contributed by atoms with Gasteiger partial charge in [0, 0.05) is 0 Å². The van der Waals surface area contributed by atoms with Crippen LogP contribution in [0.3, 0.4) is 0 Å². The van der Waals surface area contributed by atoms with Gasteiger partial charge in [-0.25, -0.2) is 0 Å². The molecular formula is C8H12O5. The maximum absolute atomic E-state index is 11.0. The smallest absolute Gasteiger partial charge is 0.317 e. The SMILES string of the molecule is CCOC(=O)C(C=O)C(C)C(=O)O. The van der Waals surface area contributed by atoms with Crippen LogP contribution in [0.25, 0.3) is 0 Å². The molecule has 0 aromatic rings. The topological polar surface area (TPSA) is 80.7 Å². The van der Waals surface area contributed by atoms with Crippen LogP contribution < -0.4 is 0 Å². The Bertz CT molecular complexity index is 211. The van der Waals surface area contributed by atoms with Crippen molar-refractivity contribution in [2.24, 2.45) is 11.8 Å². The number of aldehydes is 1. The van der Waals surface area contributed by atoms with Crippen LogP contribution in [0.1, 0.15) is 13.8 Å². The Morgan fingerprint density at radius 1 is 1.54 bits per heavy atom. The quantitative estimate of drug-likeness (QED) is 0.375. The summed E-state index contributed by atoms with van der Waals surface area (Å²) in [6.45, 7) is 3.01. The zero-order chi connectivity index (χ0) is 10.4. The van der Waals surface area contributed by atoms with Crippen molar-refractivity contribution >= 4 is 18.2 Å². The van der Waals surface area contributed by atoms with Gasteiger partial charge in [0.05, 0.1) is 12.5 Å². The Hall–Kier alpha value is -1.39. The van der Waals surface area contributed by atoms with Crippen molar-refractivity contribution in [2.75, 3.05) is 6.61 Å². The third-order valence-electron chi connectivity index (χ3n) is 1.63. The van der Waals surface area contributed by atoms with Gasteiger partial charge in [-0.05, 0) is 6.92 Å². The van der Waals surface area contributed by atoms with E-state index < -0.39 is 23.8 Å². The second-order valence-electron chi connectivity index (χ2n) is 2.54. The van der Waals surface area contributed by atoms with Crippen LogP contribution in [0, 0.1) is 11.8 Å². The predicted molar refractivity (Wildman–Crippen MR) is 43.0 cm³/mol. The second kappa shape index (κ2) is 5.29. The third-order valence-corrected chi connectivity index (χ3v) is 1.63. The van der Waals surface area contributed by atoms with Crippen molar-refractivity contribution in [3.05, 3.63) is 0 Å². The molecule has 0 saturated carbocycles. The molecule has 0 aliphatic rings. The zero-order valence-corrected chi connectivity index (χ0v) is 7.52. The van der Waals surface area contributed by atoms with Gasteiger partial charge in [0.25, 0.3) is 0 Å². The summed E-state index contributed by atoms with van der Waals surface area (Å²) in [5, 5.41) is 8.53. The minimum absolute atomic E-state index is 0.134. The number of carbonyl (C=O) groups is 3. The number of carbonyl (C=O) groups excluding carboxylic acids is 2. The molecular weight excluding hydrogens is 176 g/mol. The van der Waals surface area contributed by atoms with E-state index in [2.05, 4.69) is 4.74 Å². The van der Waals surface area contributed by atoms with Gasteiger partial charge in [0.15, 0.2) is 0 Å². The van der Waals surface area contributed by atoms with Gasteiger partial charge in [-0.15, -0.1) is 0 Å². The lowest BCUT2D eigenvalue weighted by molar-refractivity contribution is -0.157. The third kappa shape index (κ3) is 3.23. The Kier molecular flexibility index (Phi) is 4.72.